The molecule has 0 aliphatic rings. The summed E-state index contributed by atoms with van der Waals surface area (Å²) in [5.74, 6) is -0.530. The Morgan fingerprint density at radius 3 is 2.00 bits per heavy atom. The zero-order valence-corrected chi connectivity index (χ0v) is 13.2. The van der Waals surface area contributed by atoms with Crippen LogP contribution in [0.5, 0.6) is 0 Å². The number of para-hydroxylation sites is 1. The van der Waals surface area contributed by atoms with Gasteiger partial charge in [-0.15, -0.1) is 0 Å². The van der Waals surface area contributed by atoms with Crippen LogP contribution in [0.2, 0.25) is 0 Å². The lowest BCUT2D eigenvalue weighted by Crippen LogP contribution is -2.38. The lowest BCUT2D eigenvalue weighted by atomic mass is 10.1. The van der Waals surface area contributed by atoms with Crippen LogP contribution < -0.4 is 5.32 Å². The highest BCUT2D eigenvalue weighted by Gasteiger charge is 2.28. The number of sulfonamides is 1. The van der Waals surface area contributed by atoms with E-state index in [0.29, 0.717) is 5.56 Å². The predicted octanol–water partition coefficient (Wildman–Crippen LogP) is 2.26. The second-order valence-electron chi connectivity index (χ2n) is 4.92. The van der Waals surface area contributed by atoms with Crippen molar-refractivity contribution in [3.8, 4) is 0 Å². The van der Waals surface area contributed by atoms with Gasteiger partial charge in [0, 0.05) is 12.7 Å². The van der Waals surface area contributed by atoms with Crippen molar-refractivity contribution in [3.05, 3.63) is 66.2 Å². The van der Waals surface area contributed by atoms with Crippen LogP contribution in [0.4, 0.5) is 5.69 Å². The number of carbonyl (C=O) groups excluding carboxylic acids is 1. The summed E-state index contributed by atoms with van der Waals surface area (Å²) in [5.41, 5.74) is 1.44. The number of nitrogens with one attached hydrogen (secondary N) is 1. The number of amides is 1. The van der Waals surface area contributed by atoms with E-state index in [1.54, 1.807) is 12.1 Å². The van der Waals surface area contributed by atoms with Gasteiger partial charge in [0.15, 0.2) is 0 Å². The topological polar surface area (TPSA) is 66.5 Å². The van der Waals surface area contributed by atoms with Crippen molar-refractivity contribution in [1.82, 2.24) is 4.31 Å². The van der Waals surface area contributed by atoms with Crippen molar-refractivity contribution in [2.75, 3.05) is 18.6 Å². The Labute approximate surface area is 130 Å². The number of hydrogen-bond donors (Lipinski definition) is 1. The van der Waals surface area contributed by atoms with Crippen molar-refractivity contribution >= 4 is 21.6 Å². The number of hydrogen-bond acceptors (Lipinski definition) is 4. The zero-order chi connectivity index (χ0) is 16.2. The third kappa shape index (κ3) is 3.85. The van der Waals surface area contributed by atoms with Gasteiger partial charge in [-0.25, -0.2) is 12.7 Å². The molecule has 5 nitrogen and oxygen atoms in total. The predicted molar refractivity (Wildman–Crippen MR) is 86.9 cm³/mol. The minimum atomic E-state index is -3.60. The molecule has 1 unspecified atom stereocenters. The van der Waals surface area contributed by atoms with E-state index in [4.69, 9.17) is 0 Å². The number of anilines is 1. The molecular formula is C16H18N2O3S. The van der Waals surface area contributed by atoms with Crippen LogP contribution in [0.3, 0.4) is 0 Å². The number of rotatable bonds is 5. The number of carbonyl (C=O) groups is 1. The van der Waals surface area contributed by atoms with E-state index >= 15 is 0 Å². The fraction of sp³-hybridized carbons (Fsp3) is 0.188. The van der Waals surface area contributed by atoms with Crippen LogP contribution >= 0.6 is 0 Å². The Balaban J connectivity index is 2.36. The fourth-order valence-electron chi connectivity index (χ4n) is 1.98. The van der Waals surface area contributed by atoms with Crippen molar-refractivity contribution < 1.29 is 13.2 Å². The van der Waals surface area contributed by atoms with Crippen molar-refractivity contribution in [3.63, 3.8) is 0 Å². The summed E-state index contributed by atoms with van der Waals surface area (Å²) in [7, 11) is -2.34. The van der Waals surface area contributed by atoms with E-state index < -0.39 is 22.0 Å². The summed E-state index contributed by atoms with van der Waals surface area (Å²) >= 11 is 0. The van der Waals surface area contributed by atoms with Crippen LogP contribution in [-0.2, 0) is 14.8 Å². The largest absolute Gasteiger partial charge is 0.370 e. The molecule has 1 atom stereocenters. The number of nitrogens with zero attached hydrogens (tertiary/aromatic N) is 1. The van der Waals surface area contributed by atoms with Gasteiger partial charge in [-0.2, -0.15) is 0 Å². The normalized spacial score (nSPS) is 12.5. The molecule has 6 heteroatoms. The smallest absolute Gasteiger partial charge is 0.262 e. The summed E-state index contributed by atoms with van der Waals surface area (Å²) in [4.78, 5) is 12.6. The third-order valence-electron chi connectivity index (χ3n) is 3.27. The first-order valence-electron chi connectivity index (χ1n) is 6.74. The van der Waals surface area contributed by atoms with Crippen LogP contribution in [0, 0.1) is 0 Å². The molecule has 1 N–H and O–H groups in total. The van der Waals surface area contributed by atoms with Crippen LogP contribution in [0.15, 0.2) is 60.7 Å². The molecule has 0 aliphatic carbocycles. The van der Waals surface area contributed by atoms with Gasteiger partial charge in [0.1, 0.15) is 6.04 Å². The van der Waals surface area contributed by atoms with E-state index in [1.807, 2.05) is 48.5 Å². The van der Waals surface area contributed by atoms with E-state index in [1.165, 1.54) is 7.05 Å². The van der Waals surface area contributed by atoms with Gasteiger partial charge >= 0.3 is 0 Å². The van der Waals surface area contributed by atoms with E-state index in [2.05, 4.69) is 5.32 Å². The standard InChI is InChI=1S/C16H18N2O3S/c1-18(22(2,20)21)16(19)15(13-9-5-3-6-10-13)17-14-11-7-4-8-12-14/h3-12,15,17H,1-2H3. The maximum atomic E-state index is 12.6. The molecule has 0 aliphatic heterocycles. The minimum Gasteiger partial charge on any atom is -0.370 e. The fourth-order valence-corrected chi connectivity index (χ4v) is 2.41. The number of likely N-dealkylation sites (N-methyl/N-ethyl adjacent to an activating group) is 1. The van der Waals surface area contributed by atoms with Crippen molar-refractivity contribution in [2.24, 2.45) is 0 Å². The van der Waals surface area contributed by atoms with Gasteiger partial charge in [-0.1, -0.05) is 48.5 Å². The lowest BCUT2D eigenvalue weighted by molar-refractivity contribution is -0.126. The highest BCUT2D eigenvalue weighted by atomic mass is 32.2. The van der Waals surface area contributed by atoms with Gasteiger partial charge in [-0.05, 0) is 17.7 Å². The molecule has 22 heavy (non-hydrogen) atoms. The molecule has 0 radical (unpaired) electrons. The maximum Gasteiger partial charge on any atom is 0.262 e. The molecule has 2 rings (SSSR count). The van der Waals surface area contributed by atoms with Gasteiger partial charge in [0.05, 0.1) is 6.26 Å². The SMILES string of the molecule is CN(C(=O)C(Nc1ccccc1)c1ccccc1)S(C)(=O)=O. The lowest BCUT2D eigenvalue weighted by Gasteiger charge is -2.24. The Kier molecular flexibility index (Phi) is 4.82. The second kappa shape index (κ2) is 6.62. The van der Waals surface area contributed by atoms with Crippen molar-refractivity contribution in [2.45, 2.75) is 6.04 Å². The molecule has 0 saturated carbocycles. The van der Waals surface area contributed by atoms with E-state index in [0.717, 1.165) is 16.2 Å². The summed E-state index contributed by atoms with van der Waals surface area (Å²) in [6.07, 6.45) is 1.01. The zero-order valence-electron chi connectivity index (χ0n) is 12.4. The molecule has 2 aromatic rings. The Morgan fingerprint density at radius 1 is 1.00 bits per heavy atom. The number of benzene rings is 2. The highest BCUT2D eigenvalue weighted by Crippen LogP contribution is 2.22. The summed E-state index contributed by atoms with van der Waals surface area (Å²) < 4.78 is 24.0. The second-order valence-corrected chi connectivity index (χ2v) is 6.94. The Bertz CT molecular complexity index is 731. The molecule has 0 spiro atoms. The summed E-state index contributed by atoms with van der Waals surface area (Å²) in [6.45, 7) is 0. The molecule has 0 fully saturated rings. The average molecular weight is 318 g/mol. The van der Waals surface area contributed by atoms with Crippen LogP contribution in [0.1, 0.15) is 11.6 Å². The maximum absolute atomic E-state index is 12.6. The van der Waals surface area contributed by atoms with Gasteiger partial charge in [0.25, 0.3) is 5.91 Å². The summed E-state index contributed by atoms with van der Waals surface area (Å²) in [6, 6.07) is 17.5. The molecule has 1 amide bonds. The van der Waals surface area contributed by atoms with Gasteiger partial charge < -0.3 is 5.32 Å². The average Bonchev–Trinajstić information content (AvgIpc) is 2.52. The highest BCUT2D eigenvalue weighted by molar-refractivity contribution is 7.88. The molecule has 2 aromatic carbocycles. The third-order valence-corrected chi connectivity index (χ3v) is 4.45. The summed E-state index contributed by atoms with van der Waals surface area (Å²) in [5, 5.41) is 3.09. The first-order chi connectivity index (χ1) is 10.4. The Morgan fingerprint density at radius 2 is 1.50 bits per heavy atom. The van der Waals surface area contributed by atoms with E-state index in [9.17, 15) is 13.2 Å². The van der Waals surface area contributed by atoms with E-state index in [-0.39, 0.29) is 0 Å². The van der Waals surface area contributed by atoms with Crippen LogP contribution in [0.25, 0.3) is 0 Å². The van der Waals surface area contributed by atoms with Crippen LogP contribution in [-0.4, -0.2) is 31.9 Å². The molecule has 0 bridgehead atoms. The molecule has 0 aromatic heterocycles. The Hall–Kier alpha value is -2.34. The molecule has 116 valence electrons. The first-order valence-corrected chi connectivity index (χ1v) is 8.58. The molecule has 0 heterocycles. The van der Waals surface area contributed by atoms with Gasteiger partial charge in [-0.3, -0.25) is 4.79 Å². The quantitative estimate of drug-likeness (QED) is 0.918. The molecule has 0 saturated heterocycles. The van der Waals surface area contributed by atoms with Crippen molar-refractivity contribution in [1.29, 1.82) is 0 Å². The first kappa shape index (κ1) is 16.0. The minimum absolute atomic E-state index is 0.530. The molecular weight excluding hydrogens is 300 g/mol. The van der Waals surface area contributed by atoms with Gasteiger partial charge in [0.2, 0.25) is 10.0 Å². The monoisotopic (exact) mass is 318 g/mol.